The van der Waals surface area contributed by atoms with Crippen LogP contribution in [0.25, 0.3) is 0 Å². The Kier molecular flexibility index (Phi) is 2.06. The van der Waals surface area contributed by atoms with Crippen molar-refractivity contribution >= 4 is 0 Å². The first kappa shape index (κ1) is 7.52. The van der Waals surface area contributed by atoms with E-state index in [9.17, 15) is 0 Å². The highest BCUT2D eigenvalue weighted by molar-refractivity contribution is 4.99. The second-order valence-corrected chi connectivity index (χ2v) is 2.94. The van der Waals surface area contributed by atoms with E-state index in [-0.39, 0.29) is 5.41 Å². The van der Waals surface area contributed by atoms with Crippen LogP contribution >= 0.6 is 0 Å². The Morgan fingerprint density at radius 2 is 1.88 bits per heavy atom. The molecule has 0 radical (unpaired) electrons. The lowest BCUT2D eigenvalue weighted by atomic mass is 9.90. The van der Waals surface area contributed by atoms with Gasteiger partial charge >= 0.3 is 0 Å². The summed E-state index contributed by atoms with van der Waals surface area (Å²) >= 11 is 0. The maximum Gasteiger partial charge on any atom is 0.119 e. The number of aliphatic hydroxyl groups is 1. The van der Waals surface area contributed by atoms with Crippen LogP contribution < -0.4 is 0 Å². The van der Waals surface area contributed by atoms with E-state index in [1.54, 1.807) is 0 Å². The van der Waals surface area contributed by atoms with Crippen molar-refractivity contribution in [1.29, 1.82) is 0 Å². The van der Waals surface area contributed by atoms with Gasteiger partial charge in [-0.1, -0.05) is 26.7 Å². The van der Waals surface area contributed by atoms with Crippen LogP contribution in [0.5, 0.6) is 0 Å². The molecular weight excluding hydrogens is 100 g/mol. The molecule has 0 aliphatic heterocycles. The topological polar surface area (TPSA) is 20.2 Å². The van der Waals surface area contributed by atoms with Crippen molar-refractivity contribution < 1.29 is 5.11 Å². The van der Waals surface area contributed by atoms with E-state index in [4.69, 9.17) is 11.5 Å². The Morgan fingerprint density at radius 3 is 1.88 bits per heavy atom. The average molecular weight is 112 g/mol. The molecule has 0 aliphatic carbocycles. The molecule has 0 saturated heterocycles. The first-order chi connectivity index (χ1) is 3.48. The fraction of sp³-hybridized carbons (Fsp3) is 0.714. The molecule has 1 nitrogen and oxygen atoms in total. The van der Waals surface area contributed by atoms with Gasteiger partial charge in [0.2, 0.25) is 0 Å². The molecule has 1 heteroatoms. The van der Waals surface area contributed by atoms with Gasteiger partial charge in [-0.25, -0.2) is 0 Å². The minimum Gasteiger partial charge on any atom is -0.380 e. The molecule has 46 valence electrons. The van der Waals surface area contributed by atoms with E-state index in [0.29, 0.717) is 0 Å². The summed E-state index contributed by atoms with van der Waals surface area (Å²) in [5, 5.41) is 8.96. The zero-order chi connectivity index (χ0) is 6.78. The van der Waals surface area contributed by atoms with Gasteiger partial charge in [-0.3, -0.25) is 0 Å². The van der Waals surface area contributed by atoms with Crippen LogP contribution in [0.15, 0.2) is 0 Å². The summed E-state index contributed by atoms with van der Waals surface area (Å²) in [5.74, 6) is 2.26. The molecule has 8 heavy (non-hydrogen) atoms. The Hall–Kier alpha value is -0.480. The predicted octanol–water partition coefficient (Wildman–Crippen LogP) is 1.03. The van der Waals surface area contributed by atoms with Gasteiger partial charge in [-0.2, -0.15) is 0 Å². The molecule has 0 saturated carbocycles. The van der Waals surface area contributed by atoms with Gasteiger partial charge in [0.25, 0.3) is 0 Å². The molecule has 0 spiro atoms. The highest BCUT2D eigenvalue weighted by Gasteiger charge is 2.18. The van der Waals surface area contributed by atoms with Crippen LogP contribution in [0.3, 0.4) is 0 Å². The van der Waals surface area contributed by atoms with Crippen molar-refractivity contribution in [2.75, 3.05) is 0 Å². The van der Waals surface area contributed by atoms with E-state index in [0.717, 1.165) is 0 Å². The molecule has 0 fully saturated rings. The first-order valence-corrected chi connectivity index (χ1v) is 2.62. The molecule has 0 aromatic rings. The lowest BCUT2D eigenvalue weighted by Crippen LogP contribution is -2.23. The maximum absolute atomic E-state index is 8.96. The zero-order valence-electron chi connectivity index (χ0n) is 5.60. The van der Waals surface area contributed by atoms with Crippen molar-refractivity contribution in [3.63, 3.8) is 0 Å². The molecule has 0 bridgehead atoms. The molecule has 0 aliphatic rings. The molecule has 0 rings (SSSR count). The SMILES string of the molecule is C#C[C@H](O)C(C)(C)C. The van der Waals surface area contributed by atoms with Crippen molar-refractivity contribution in [3.05, 3.63) is 0 Å². The third-order valence-electron chi connectivity index (χ3n) is 0.978. The lowest BCUT2D eigenvalue weighted by Gasteiger charge is -2.20. The van der Waals surface area contributed by atoms with E-state index >= 15 is 0 Å². The van der Waals surface area contributed by atoms with Crippen LogP contribution in [0.1, 0.15) is 20.8 Å². The van der Waals surface area contributed by atoms with Crippen LogP contribution in [0.4, 0.5) is 0 Å². The quantitative estimate of drug-likeness (QED) is 0.464. The van der Waals surface area contributed by atoms with Crippen molar-refractivity contribution in [2.24, 2.45) is 5.41 Å². The Morgan fingerprint density at radius 1 is 1.50 bits per heavy atom. The summed E-state index contributed by atoms with van der Waals surface area (Å²) in [6.45, 7) is 5.70. The van der Waals surface area contributed by atoms with Gasteiger partial charge in [0, 0.05) is 0 Å². The number of aliphatic hydroxyl groups excluding tert-OH is 1. The summed E-state index contributed by atoms with van der Waals surface area (Å²) in [6.07, 6.45) is 4.34. The molecule has 0 unspecified atom stereocenters. The highest BCUT2D eigenvalue weighted by atomic mass is 16.3. The van der Waals surface area contributed by atoms with Gasteiger partial charge in [0.15, 0.2) is 0 Å². The highest BCUT2D eigenvalue weighted by Crippen LogP contribution is 2.17. The summed E-state index contributed by atoms with van der Waals surface area (Å²) in [5.41, 5.74) is -0.172. The molecule has 1 N–H and O–H groups in total. The fourth-order valence-corrected chi connectivity index (χ4v) is 0.250. The standard InChI is InChI=1S/C7H12O/c1-5-6(8)7(2,3)4/h1,6,8H,2-4H3/t6-/m0/s1. The molecule has 0 aromatic heterocycles. The Labute approximate surface area is 50.7 Å². The van der Waals surface area contributed by atoms with Crippen LogP contribution in [0.2, 0.25) is 0 Å². The minimum atomic E-state index is -0.623. The number of rotatable bonds is 0. The van der Waals surface area contributed by atoms with E-state index in [1.165, 1.54) is 0 Å². The Bertz CT molecular complexity index is 103. The smallest absolute Gasteiger partial charge is 0.119 e. The summed E-state index contributed by atoms with van der Waals surface area (Å²) < 4.78 is 0. The summed E-state index contributed by atoms with van der Waals surface area (Å²) in [4.78, 5) is 0. The van der Waals surface area contributed by atoms with Gasteiger partial charge < -0.3 is 5.11 Å². The largest absolute Gasteiger partial charge is 0.380 e. The van der Waals surface area contributed by atoms with Crippen LogP contribution in [-0.4, -0.2) is 11.2 Å². The molecule has 0 aromatic carbocycles. The normalized spacial score (nSPS) is 14.9. The fourth-order valence-electron chi connectivity index (χ4n) is 0.250. The third kappa shape index (κ3) is 1.99. The number of hydrogen-bond donors (Lipinski definition) is 1. The molecule has 0 heterocycles. The zero-order valence-corrected chi connectivity index (χ0v) is 5.60. The third-order valence-corrected chi connectivity index (χ3v) is 0.978. The minimum absolute atomic E-state index is 0.172. The van der Waals surface area contributed by atoms with Crippen molar-refractivity contribution in [1.82, 2.24) is 0 Å². The average Bonchev–Trinajstić information content (AvgIpc) is 1.62. The maximum atomic E-state index is 8.96. The monoisotopic (exact) mass is 112 g/mol. The lowest BCUT2D eigenvalue weighted by molar-refractivity contribution is 0.114. The second-order valence-electron chi connectivity index (χ2n) is 2.94. The second kappa shape index (κ2) is 2.19. The van der Waals surface area contributed by atoms with E-state index in [1.807, 2.05) is 20.8 Å². The van der Waals surface area contributed by atoms with Crippen LogP contribution in [0, 0.1) is 17.8 Å². The van der Waals surface area contributed by atoms with Gasteiger partial charge in [-0.05, 0) is 5.41 Å². The molecular formula is C7H12O. The van der Waals surface area contributed by atoms with Crippen molar-refractivity contribution in [3.8, 4) is 12.3 Å². The number of terminal acetylenes is 1. The van der Waals surface area contributed by atoms with E-state index in [2.05, 4.69) is 5.92 Å². The van der Waals surface area contributed by atoms with Gasteiger partial charge in [0.05, 0.1) is 0 Å². The summed E-state index contributed by atoms with van der Waals surface area (Å²) in [7, 11) is 0. The number of hydrogen-bond acceptors (Lipinski definition) is 1. The van der Waals surface area contributed by atoms with Gasteiger partial charge in [0.1, 0.15) is 6.10 Å². The van der Waals surface area contributed by atoms with Crippen LogP contribution in [-0.2, 0) is 0 Å². The Balaban J connectivity index is 3.87. The molecule has 0 amide bonds. The van der Waals surface area contributed by atoms with Gasteiger partial charge in [-0.15, -0.1) is 6.42 Å². The van der Waals surface area contributed by atoms with Crippen molar-refractivity contribution in [2.45, 2.75) is 26.9 Å². The first-order valence-electron chi connectivity index (χ1n) is 2.62. The van der Waals surface area contributed by atoms with E-state index < -0.39 is 6.10 Å². The molecule has 1 atom stereocenters. The predicted molar refractivity (Wildman–Crippen MR) is 34.3 cm³/mol. The summed E-state index contributed by atoms with van der Waals surface area (Å²) in [6, 6.07) is 0.